The van der Waals surface area contributed by atoms with E-state index in [0.717, 1.165) is 22.3 Å². The highest BCUT2D eigenvalue weighted by molar-refractivity contribution is 5.94. The predicted molar refractivity (Wildman–Crippen MR) is 92.6 cm³/mol. The predicted octanol–water partition coefficient (Wildman–Crippen LogP) is 3.92. The van der Waals surface area contributed by atoms with Crippen LogP contribution in [0.25, 0.3) is 11.0 Å². The van der Waals surface area contributed by atoms with Gasteiger partial charge in [0.05, 0.1) is 18.2 Å². The van der Waals surface area contributed by atoms with E-state index < -0.39 is 0 Å². The van der Waals surface area contributed by atoms with Gasteiger partial charge in [0.25, 0.3) is 5.91 Å². The molecule has 1 atom stereocenters. The lowest BCUT2D eigenvalue weighted by molar-refractivity contribution is 0.0918. The molecule has 0 aliphatic carbocycles. The lowest BCUT2D eigenvalue weighted by atomic mass is 9.98. The van der Waals surface area contributed by atoms with Gasteiger partial charge in [-0.1, -0.05) is 32.0 Å². The Kier molecular flexibility index (Phi) is 4.44. The summed E-state index contributed by atoms with van der Waals surface area (Å²) in [4.78, 5) is 12.5. The molecule has 0 aliphatic rings. The molecule has 3 N–H and O–H groups in total. The van der Waals surface area contributed by atoms with Crippen molar-refractivity contribution in [1.82, 2.24) is 5.32 Å². The standard InChI is InChI=1S/C19H22N2O3/c1-11(2)17(21-19(22)13-8-14(9-20)23-10-13)18-12(3)15-6-4-5-7-16(15)24-18/h4-8,10-11,17H,9,20H2,1-3H3,(H,21,22). The molecule has 3 rings (SSSR count). The first-order chi connectivity index (χ1) is 11.5. The first-order valence-corrected chi connectivity index (χ1v) is 8.07. The van der Waals surface area contributed by atoms with Gasteiger partial charge >= 0.3 is 0 Å². The molecule has 5 heteroatoms. The van der Waals surface area contributed by atoms with Crippen LogP contribution in [0.3, 0.4) is 0 Å². The van der Waals surface area contributed by atoms with Crippen LogP contribution in [0.5, 0.6) is 0 Å². The van der Waals surface area contributed by atoms with Crippen LogP contribution in [-0.4, -0.2) is 5.91 Å². The Morgan fingerprint density at radius 1 is 1.29 bits per heavy atom. The van der Waals surface area contributed by atoms with E-state index in [2.05, 4.69) is 19.2 Å². The summed E-state index contributed by atoms with van der Waals surface area (Å²) < 4.78 is 11.3. The number of rotatable bonds is 5. The molecule has 0 radical (unpaired) electrons. The number of hydrogen-bond acceptors (Lipinski definition) is 4. The Balaban J connectivity index is 1.91. The number of carbonyl (C=O) groups is 1. The van der Waals surface area contributed by atoms with Crippen molar-refractivity contribution in [2.24, 2.45) is 11.7 Å². The molecule has 0 bridgehead atoms. The number of amides is 1. The Labute approximate surface area is 140 Å². The molecule has 5 nitrogen and oxygen atoms in total. The van der Waals surface area contributed by atoms with Crippen LogP contribution < -0.4 is 11.1 Å². The quantitative estimate of drug-likeness (QED) is 0.744. The number of furan rings is 2. The third-order valence-electron chi connectivity index (χ3n) is 4.23. The smallest absolute Gasteiger partial charge is 0.255 e. The number of hydrogen-bond donors (Lipinski definition) is 2. The largest absolute Gasteiger partial charge is 0.467 e. The van der Waals surface area contributed by atoms with Gasteiger partial charge in [0.15, 0.2) is 0 Å². The second kappa shape index (κ2) is 6.53. The lowest BCUT2D eigenvalue weighted by Gasteiger charge is -2.21. The fourth-order valence-electron chi connectivity index (χ4n) is 2.86. The molecule has 2 heterocycles. The molecule has 0 fully saturated rings. The summed E-state index contributed by atoms with van der Waals surface area (Å²) in [6, 6.07) is 9.34. The number of benzene rings is 1. The Morgan fingerprint density at radius 2 is 2.04 bits per heavy atom. The summed E-state index contributed by atoms with van der Waals surface area (Å²) in [7, 11) is 0. The fourth-order valence-corrected chi connectivity index (χ4v) is 2.86. The number of fused-ring (bicyclic) bond motifs is 1. The van der Waals surface area contributed by atoms with Crippen molar-refractivity contribution in [3.05, 3.63) is 59.2 Å². The minimum absolute atomic E-state index is 0.175. The zero-order chi connectivity index (χ0) is 17.3. The van der Waals surface area contributed by atoms with E-state index in [1.807, 2.05) is 31.2 Å². The molecular weight excluding hydrogens is 304 g/mol. The SMILES string of the molecule is Cc1c(C(NC(=O)c2coc(CN)c2)C(C)C)oc2ccccc12. The van der Waals surface area contributed by atoms with Crippen molar-refractivity contribution >= 4 is 16.9 Å². The highest BCUT2D eigenvalue weighted by atomic mass is 16.3. The highest BCUT2D eigenvalue weighted by Gasteiger charge is 2.26. The van der Waals surface area contributed by atoms with E-state index in [-0.39, 0.29) is 24.4 Å². The minimum atomic E-state index is -0.221. The van der Waals surface area contributed by atoms with E-state index in [0.29, 0.717) is 11.3 Å². The van der Waals surface area contributed by atoms with E-state index in [1.54, 1.807) is 6.07 Å². The van der Waals surface area contributed by atoms with Gasteiger partial charge in [0.2, 0.25) is 0 Å². The van der Waals surface area contributed by atoms with Crippen LogP contribution in [0.4, 0.5) is 0 Å². The van der Waals surface area contributed by atoms with Gasteiger partial charge in [-0.25, -0.2) is 0 Å². The molecule has 3 aromatic rings. The van der Waals surface area contributed by atoms with Crippen LogP contribution in [0, 0.1) is 12.8 Å². The average molecular weight is 326 g/mol. The summed E-state index contributed by atoms with van der Waals surface area (Å²) in [5.74, 6) is 1.36. The van der Waals surface area contributed by atoms with Gasteiger partial charge < -0.3 is 19.9 Å². The third kappa shape index (κ3) is 2.95. The van der Waals surface area contributed by atoms with Crippen molar-refractivity contribution in [3.8, 4) is 0 Å². The Morgan fingerprint density at radius 3 is 2.67 bits per heavy atom. The number of aryl methyl sites for hydroxylation is 1. The molecule has 1 aromatic carbocycles. The lowest BCUT2D eigenvalue weighted by Crippen LogP contribution is -2.31. The third-order valence-corrected chi connectivity index (χ3v) is 4.23. The maximum atomic E-state index is 12.5. The van der Waals surface area contributed by atoms with Crippen LogP contribution in [-0.2, 0) is 6.54 Å². The molecule has 126 valence electrons. The molecule has 0 spiro atoms. The second-order valence-electron chi connectivity index (χ2n) is 6.29. The maximum absolute atomic E-state index is 12.5. The molecule has 0 saturated heterocycles. The zero-order valence-electron chi connectivity index (χ0n) is 14.1. The van der Waals surface area contributed by atoms with Crippen molar-refractivity contribution in [2.75, 3.05) is 0 Å². The normalized spacial score (nSPS) is 12.7. The molecule has 0 saturated carbocycles. The zero-order valence-corrected chi connectivity index (χ0v) is 14.1. The first kappa shape index (κ1) is 16.3. The number of nitrogens with one attached hydrogen (secondary N) is 1. The number of carbonyl (C=O) groups excluding carboxylic acids is 1. The van der Waals surface area contributed by atoms with Gasteiger partial charge in [0.1, 0.15) is 23.4 Å². The second-order valence-corrected chi connectivity index (χ2v) is 6.29. The Bertz CT molecular complexity index is 861. The molecule has 1 unspecified atom stereocenters. The molecular formula is C19H22N2O3. The molecule has 2 aromatic heterocycles. The fraction of sp³-hybridized carbons (Fsp3) is 0.316. The molecule has 1 amide bonds. The number of nitrogens with two attached hydrogens (primary N) is 1. The van der Waals surface area contributed by atoms with Crippen molar-refractivity contribution in [3.63, 3.8) is 0 Å². The van der Waals surface area contributed by atoms with Gasteiger partial charge in [0, 0.05) is 10.9 Å². The van der Waals surface area contributed by atoms with Crippen LogP contribution in [0.15, 0.2) is 45.4 Å². The van der Waals surface area contributed by atoms with Crippen LogP contribution >= 0.6 is 0 Å². The van der Waals surface area contributed by atoms with Crippen LogP contribution in [0.2, 0.25) is 0 Å². The summed E-state index contributed by atoms with van der Waals surface area (Å²) in [6.07, 6.45) is 1.43. The monoisotopic (exact) mass is 326 g/mol. The molecule has 0 aliphatic heterocycles. The van der Waals surface area contributed by atoms with E-state index in [4.69, 9.17) is 14.6 Å². The van der Waals surface area contributed by atoms with E-state index in [1.165, 1.54) is 6.26 Å². The van der Waals surface area contributed by atoms with E-state index in [9.17, 15) is 4.79 Å². The van der Waals surface area contributed by atoms with Gasteiger partial charge in [-0.05, 0) is 25.0 Å². The Hall–Kier alpha value is -2.53. The van der Waals surface area contributed by atoms with Crippen LogP contribution in [0.1, 0.15) is 47.3 Å². The highest BCUT2D eigenvalue weighted by Crippen LogP contribution is 2.33. The summed E-state index contributed by atoms with van der Waals surface area (Å²) in [6.45, 7) is 6.40. The van der Waals surface area contributed by atoms with Gasteiger partial charge in [-0.2, -0.15) is 0 Å². The van der Waals surface area contributed by atoms with Gasteiger partial charge in [-0.3, -0.25) is 4.79 Å². The number of para-hydroxylation sites is 1. The van der Waals surface area contributed by atoms with Gasteiger partial charge in [-0.15, -0.1) is 0 Å². The van der Waals surface area contributed by atoms with Crippen molar-refractivity contribution < 1.29 is 13.6 Å². The minimum Gasteiger partial charge on any atom is -0.467 e. The van der Waals surface area contributed by atoms with Crippen molar-refractivity contribution in [1.29, 1.82) is 0 Å². The first-order valence-electron chi connectivity index (χ1n) is 8.07. The summed E-state index contributed by atoms with van der Waals surface area (Å²) in [5.41, 5.74) is 7.88. The summed E-state index contributed by atoms with van der Waals surface area (Å²) >= 11 is 0. The molecule has 24 heavy (non-hydrogen) atoms. The van der Waals surface area contributed by atoms with Crippen molar-refractivity contribution in [2.45, 2.75) is 33.4 Å². The summed E-state index contributed by atoms with van der Waals surface area (Å²) in [5, 5.41) is 4.13. The topological polar surface area (TPSA) is 81.4 Å². The maximum Gasteiger partial charge on any atom is 0.255 e. The van der Waals surface area contributed by atoms with E-state index >= 15 is 0 Å². The average Bonchev–Trinajstić information content (AvgIpc) is 3.18.